The highest BCUT2D eigenvalue weighted by Crippen LogP contribution is 2.52. The lowest BCUT2D eigenvalue weighted by atomic mass is 9.69. The maximum Gasteiger partial charge on any atom is 0.325 e. The summed E-state index contributed by atoms with van der Waals surface area (Å²) >= 11 is 0. The standard InChI is InChI=1S/C27H42O5Si/c1-11-15-22-23(27(18-12-2,25(28)30-13-3)26(29)31-14-4)16-17-24(22)32-33(19(5)6,20(7)8)21(9)10/h1-2,19-21,23H,13-18H2,3-10H3. The maximum absolute atomic E-state index is 13.3. The van der Waals surface area contributed by atoms with Gasteiger partial charge in [0.25, 0.3) is 8.32 Å². The third-order valence-electron chi connectivity index (χ3n) is 6.99. The summed E-state index contributed by atoms with van der Waals surface area (Å²) in [6, 6.07) is 0. The molecule has 5 nitrogen and oxygen atoms in total. The molecule has 0 bridgehead atoms. The van der Waals surface area contributed by atoms with Gasteiger partial charge in [-0.25, -0.2) is 0 Å². The van der Waals surface area contributed by atoms with Crippen LogP contribution in [0.3, 0.4) is 0 Å². The molecule has 0 aromatic rings. The number of hydrogen-bond acceptors (Lipinski definition) is 5. The second kappa shape index (κ2) is 12.3. The number of ether oxygens (including phenoxy) is 2. The fourth-order valence-corrected chi connectivity index (χ4v) is 11.0. The van der Waals surface area contributed by atoms with Crippen LogP contribution >= 0.6 is 0 Å². The van der Waals surface area contributed by atoms with E-state index < -0.39 is 31.6 Å². The average Bonchev–Trinajstić information content (AvgIpc) is 3.12. The van der Waals surface area contributed by atoms with Crippen molar-refractivity contribution in [3.8, 4) is 24.7 Å². The molecule has 0 aliphatic heterocycles. The summed E-state index contributed by atoms with van der Waals surface area (Å²) in [5.41, 5.74) is 0.313. The number of carbonyl (C=O) groups is 2. The predicted molar refractivity (Wildman–Crippen MR) is 134 cm³/mol. The molecule has 0 aromatic heterocycles. The minimum atomic E-state index is -2.25. The Labute approximate surface area is 202 Å². The molecule has 0 saturated heterocycles. The largest absolute Gasteiger partial charge is 0.546 e. The monoisotopic (exact) mass is 474 g/mol. The summed E-state index contributed by atoms with van der Waals surface area (Å²) in [7, 11) is -2.25. The van der Waals surface area contributed by atoms with E-state index in [-0.39, 0.29) is 26.1 Å². The predicted octanol–water partition coefficient (Wildman–Crippen LogP) is 6.00. The van der Waals surface area contributed by atoms with E-state index in [4.69, 9.17) is 26.7 Å². The van der Waals surface area contributed by atoms with E-state index >= 15 is 0 Å². The Balaban J connectivity index is 3.75. The molecule has 0 spiro atoms. The highest BCUT2D eigenvalue weighted by Gasteiger charge is 2.58. The Morgan fingerprint density at radius 1 is 0.970 bits per heavy atom. The maximum atomic E-state index is 13.3. The van der Waals surface area contributed by atoms with Crippen molar-refractivity contribution in [3.63, 3.8) is 0 Å². The van der Waals surface area contributed by atoms with Gasteiger partial charge in [-0.15, -0.1) is 24.7 Å². The summed E-state index contributed by atoms with van der Waals surface area (Å²) in [6.07, 6.45) is 12.7. The highest BCUT2D eigenvalue weighted by molar-refractivity contribution is 6.77. The molecule has 1 aliphatic carbocycles. The van der Waals surface area contributed by atoms with Gasteiger partial charge < -0.3 is 13.9 Å². The number of hydrogen-bond donors (Lipinski definition) is 0. The van der Waals surface area contributed by atoms with Crippen molar-refractivity contribution >= 4 is 20.3 Å². The number of carbonyl (C=O) groups excluding carboxylic acids is 2. The SMILES string of the molecule is C#CCC1=C(O[Si](C(C)C)(C(C)C)C(C)C)CCC1C(CC#C)(C(=O)OCC)C(=O)OCC. The van der Waals surface area contributed by atoms with Gasteiger partial charge in [0.05, 0.1) is 19.0 Å². The molecule has 0 heterocycles. The van der Waals surface area contributed by atoms with E-state index in [1.54, 1.807) is 13.8 Å². The Hall–Kier alpha value is -2.18. The molecule has 0 N–H and O–H groups in total. The van der Waals surface area contributed by atoms with Gasteiger partial charge in [0, 0.05) is 25.2 Å². The van der Waals surface area contributed by atoms with Crippen LogP contribution in [0, 0.1) is 36.0 Å². The van der Waals surface area contributed by atoms with Crippen LogP contribution in [0.4, 0.5) is 0 Å². The molecular weight excluding hydrogens is 432 g/mol. The molecule has 0 aromatic carbocycles. The van der Waals surface area contributed by atoms with Gasteiger partial charge in [0.2, 0.25) is 0 Å². The van der Waals surface area contributed by atoms with Gasteiger partial charge in [-0.2, -0.15) is 0 Å². The Morgan fingerprint density at radius 2 is 1.45 bits per heavy atom. The van der Waals surface area contributed by atoms with E-state index in [1.807, 2.05) is 0 Å². The van der Waals surface area contributed by atoms with Crippen molar-refractivity contribution in [3.05, 3.63) is 11.3 Å². The molecule has 1 unspecified atom stereocenters. The van der Waals surface area contributed by atoms with E-state index in [1.165, 1.54) is 0 Å². The minimum absolute atomic E-state index is 0.113. The van der Waals surface area contributed by atoms with Crippen LogP contribution in [0.1, 0.15) is 81.1 Å². The van der Waals surface area contributed by atoms with Crippen molar-refractivity contribution < 1.29 is 23.5 Å². The quantitative estimate of drug-likeness (QED) is 0.150. The van der Waals surface area contributed by atoms with Crippen LogP contribution in [0.15, 0.2) is 11.3 Å². The zero-order valence-corrected chi connectivity index (χ0v) is 22.7. The van der Waals surface area contributed by atoms with E-state index in [0.717, 1.165) is 11.3 Å². The Bertz CT molecular complexity index is 770. The van der Waals surface area contributed by atoms with E-state index in [9.17, 15) is 9.59 Å². The summed E-state index contributed by atoms with van der Waals surface area (Å²) < 4.78 is 17.7. The van der Waals surface area contributed by atoms with Gasteiger partial charge in [-0.1, -0.05) is 41.5 Å². The van der Waals surface area contributed by atoms with Crippen molar-refractivity contribution in [2.45, 2.75) is 97.7 Å². The normalized spacial score (nSPS) is 16.7. The van der Waals surface area contributed by atoms with Crippen LogP contribution in [0.25, 0.3) is 0 Å². The lowest BCUT2D eigenvalue weighted by Gasteiger charge is -2.43. The second-order valence-electron chi connectivity index (χ2n) is 9.63. The smallest absolute Gasteiger partial charge is 0.325 e. The third-order valence-corrected chi connectivity index (χ3v) is 13.0. The van der Waals surface area contributed by atoms with Crippen LogP contribution < -0.4 is 0 Å². The highest BCUT2D eigenvalue weighted by atomic mass is 28.4. The molecule has 0 radical (unpaired) electrons. The lowest BCUT2D eigenvalue weighted by Crippen LogP contribution is -2.48. The van der Waals surface area contributed by atoms with Gasteiger partial charge in [-0.3, -0.25) is 9.59 Å². The summed E-state index contributed by atoms with van der Waals surface area (Å²) in [6.45, 7) is 17.0. The van der Waals surface area contributed by atoms with Gasteiger partial charge in [-0.05, 0) is 42.5 Å². The molecule has 33 heavy (non-hydrogen) atoms. The van der Waals surface area contributed by atoms with Crippen molar-refractivity contribution in [1.82, 2.24) is 0 Å². The Morgan fingerprint density at radius 3 is 1.82 bits per heavy atom. The zero-order valence-electron chi connectivity index (χ0n) is 21.7. The summed E-state index contributed by atoms with van der Waals surface area (Å²) in [5.74, 6) is 4.27. The van der Waals surface area contributed by atoms with Crippen molar-refractivity contribution in [2.75, 3.05) is 13.2 Å². The fraction of sp³-hybridized carbons (Fsp3) is 0.704. The average molecular weight is 475 g/mol. The molecule has 1 atom stereocenters. The molecule has 1 aliphatic rings. The molecule has 184 valence electrons. The van der Waals surface area contributed by atoms with Gasteiger partial charge in [0.15, 0.2) is 5.41 Å². The first-order valence-electron chi connectivity index (χ1n) is 12.1. The third kappa shape index (κ3) is 5.49. The van der Waals surface area contributed by atoms with E-state index in [2.05, 4.69) is 53.4 Å². The number of rotatable bonds is 12. The number of terminal acetylenes is 2. The van der Waals surface area contributed by atoms with Crippen molar-refractivity contribution in [1.29, 1.82) is 0 Å². The second-order valence-corrected chi connectivity index (χ2v) is 15.0. The first-order chi connectivity index (χ1) is 15.5. The first kappa shape index (κ1) is 28.8. The lowest BCUT2D eigenvalue weighted by molar-refractivity contribution is -0.175. The zero-order chi connectivity index (χ0) is 25.4. The number of esters is 2. The van der Waals surface area contributed by atoms with Crippen LogP contribution in [0.5, 0.6) is 0 Å². The molecule has 0 saturated carbocycles. The van der Waals surface area contributed by atoms with Crippen LogP contribution in [0.2, 0.25) is 16.6 Å². The molecule has 1 rings (SSSR count). The minimum Gasteiger partial charge on any atom is -0.546 e. The fourth-order valence-electron chi connectivity index (χ4n) is 5.68. The molecule has 0 fully saturated rings. The topological polar surface area (TPSA) is 61.8 Å². The van der Waals surface area contributed by atoms with Crippen LogP contribution in [-0.4, -0.2) is 33.5 Å². The number of allylic oxidation sites excluding steroid dienone is 2. The molecule has 0 amide bonds. The van der Waals surface area contributed by atoms with Gasteiger partial charge >= 0.3 is 11.9 Å². The molecule has 6 heteroatoms. The first-order valence-corrected chi connectivity index (χ1v) is 14.3. The summed E-state index contributed by atoms with van der Waals surface area (Å²) in [4.78, 5) is 26.6. The van der Waals surface area contributed by atoms with Crippen molar-refractivity contribution in [2.24, 2.45) is 11.3 Å². The summed E-state index contributed by atoms with van der Waals surface area (Å²) in [5, 5.41) is 0. The Kier molecular flexibility index (Phi) is 10.8. The van der Waals surface area contributed by atoms with Crippen LogP contribution in [-0.2, 0) is 23.5 Å². The van der Waals surface area contributed by atoms with E-state index in [0.29, 0.717) is 29.5 Å². The van der Waals surface area contributed by atoms with Gasteiger partial charge in [0.1, 0.15) is 0 Å². The molecular formula is C27H42O5Si.